The van der Waals surface area contributed by atoms with Crippen molar-refractivity contribution in [2.45, 2.75) is 33.2 Å². The van der Waals surface area contributed by atoms with Crippen LogP contribution in [0, 0.1) is 11.8 Å². The Kier molecular flexibility index (Phi) is 4.35. The lowest BCUT2D eigenvalue weighted by Gasteiger charge is -2.32. The summed E-state index contributed by atoms with van der Waals surface area (Å²) in [6, 6.07) is 0.00420. The fourth-order valence-corrected chi connectivity index (χ4v) is 2.82. The minimum Gasteiger partial charge on any atom is -0.348 e. The first-order valence-corrected chi connectivity index (χ1v) is 7.45. The quantitative estimate of drug-likeness (QED) is 0.854. The Morgan fingerprint density at radius 2 is 2.33 bits per heavy atom. The highest BCUT2D eigenvalue weighted by atomic mass is 32.1. The number of nitrogens with one attached hydrogen (secondary N) is 2. The molecule has 1 aromatic heterocycles. The molecule has 100 valence electrons. The van der Waals surface area contributed by atoms with Crippen molar-refractivity contribution in [3.63, 3.8) is 0 Å². The Hall–Kier alpha value is -0.940. The Balaban J connectivity index is 1.89. The van der Waals surface area contributed by atoms with E-state index in [2.05, 4.69) is 22.5 Å². The van der Waals surface area contributed by atoms with Gasteiger partial charge in [-0.1, -0.05) is 13.8 Å². The van der Waals surface area contributed by atoms with E-state index >= 15 is 0 Å². The van der Waals surface area contributed by atoms with Gasteiger partial charge in [0, 0.05) is 11.3 Å². The van der Waals surface area contributed by atoms with Gasteiger partial charge >= 0.3 is 0 Å². The summed E-state index contributed by atoms with van der Waals surface area (Å²) in [6.45, 7) is 8.01. The van der Waals surface area contributed by atoms with E-state index < -0.39 is 0 Å². The molecule has 5 heteroatoms. The Morgan fingerprint density at radius 3 is 2.83 bits per heavy atom. The maximum Gasteiger partial charge on any atom is 0.223 e. The zero-order valence-corrected chi connectivity index (χ0v) is 12.0. The molecule has 0 radical (unpaired) electrons. The molecule has 0 bridgehead atoms. The lowest BCUT2D eigenvalue weighted by atomic mass is 9.88. The topological polar surface area (TPSA) is 54.0 Å². The van der Waals surface area contributed by atoms with Crippen LogP contribution in [0.1, 0.15) is 37.5 Å². The molecule has 1 aromatic rings. The monoisotopic (exact) mass is 267 g/mol. The van der Waals surface area contributed by atoms with Crippen LogP contribution in [0.2, 0.25) is 0 Å². The summed E-state index contributed by atoms with van der Waals surface area (Å²) >= 11 is 1.66. The first-order chi connectivity index (χ1) is 8.61. The molecule has 2 unspecified atom stereocenters. The second-order valence-electron chi connectivity index (χ2n) is 4.96. The number of aromatic nitrogens is 1. The molecule has 0 saturated carbocycles. The van der Waals surface area contributed by atoms with Crippen LogP contribution in [0.3, 0.4) is 0 Å². The van der Waals surface area contributed by atoms with Gasteiger partial charge in [-0.25, -0.2) is 4.98 Å². The third-order valence-electron chi connectivity index (χ3n) is 3.61. The Morgan fingerprint density at radius 1 is 1.61 bits per heavy atom. The van der Waals surface area contributed by atoms with E-state index in [0.29, 0.717) is 5.92 Å². The Bertz CT molecular complexity index is 414. The van der Waals surface area contributed by atoms with Crippen molar-refractivity contribution in [2.24, 2.45) is 11.8 Å². The van der Waals surface area contributed by atoms with E-state index in [1.54, 1.807) is 11.3 Å². The molecule has 18 heavy (non-hydrogen) atoms. The molecule has 2 rings (SSSR count). The maximum absolute atomic E-state index is 12.1. The fraction of sp³-hybridized carbons (Fsp3) is 0.692. The summed E-state index contributed by atoms with van der Waals surface area (Å²) < 4.78 is 0. The van der Waals surface area contributed by atoms with Gasteiger partial charge in [-0.05, 0) is 32.4 Å². The zero-order valence-electron chi connectivity index (χ0n) is 11.2. The summed E-state index contributed by atoms with van der Waals surface area (Å²) in [7, 11) is 0. The minimum atomic E-state index is 0.00420. The van der Waals surface area contributed by atoms with Gasteiger partial charge in [0.05, 0.1) is 16.7 Å². The predicted molar refractivity (Wildman–Crippen MR) is 73.6 cm³/mol. The third kappa shape index (κ3) is 2.90. The molecule has 4 nitrogen and oxygen atoms in total. The number of carbonyl (C=O) groups is 1. The normalized spacial score (nSPS) is 19.1. The van der Waals surface area contributed by atoms with E-state index in [0.717, 1.165) is 30.2 Å². The molecular weight excluding hydrogens is 246 g/mol. The van der Waals surface area contributed by atoms with Crippen molar-refractivity contribution >= 4 is 17.2 Å². The largest absolute Gasteiger partial charge is 0.348 e. The summed E-state index contributed by atoms with van der Waals surface area (Å²) in [5.41, 5.74) is 0.976. The highest BCUT2D eigenvalue weighted by Gasteiger charge is 2.29. The molecule has 1 amide bonds. The number of rotatable bonds is 5. The van der Waals surface area contributed by atoms with E-state index in [1.165, 1.54) is 0 Å². The van der Waals surface area contributed by atoms with Crippen molar-refractivity contribution in [3.8, 4) is 0 Å². The number of thiazole rings is 1. The summed E-state index contributed by atoms with van der Waals surface area (Å²) in [6.07, 6.45) is 0.954. The van der Waals surface area contributed by atoms with Crippen molar-refractivity contribution < 1.29 is 4.79 Å². The van der Waals surface area contributed by atoms with Gasteiger partial charge < -0.3 is 10.6 Å². The molecular formula is C13H21N3OS. The van der Waals surface area contributed by atoms with Crippen LogP contribution in [-0.4, -0.2) is 24.0 Å². The molecule has 2 heterocycles. The fourth-order valence-electron chi connectivity index (χ4n) is 1.98. The number of hydrogen-bond acceptors (Lipinski definition) is 4. The van der Waals surface area contributed by atoms with Crippen molar-refractivity contribution in [2.75, 3.05) is 13.1 Å². The average molecular weight is 267 g/mol. The second-order valence-corrected chi connectivity index (χ2v) is 5.90. The molecule has 2 N–H and O–H groups in total. The van der Waals surface area contributed by atoms with Crippen LogP contribution in [0.4, 0.5) is 0 Å². The average Bonchev–Trinajstić information content (AvgIpc) is 2.74. The molecule has 0 spiro atoms. The van der Waals surface area contributed by atoms with Gasteiger partial charge in [0.1, 0.15) is 0 Å². The SMILES string of the molecule is CCc1nc(C(C)NC(=O)C(C)C2CNC2)cs1. The van der Waals surface area contributed by atoms with Crippen LogP contribution in [-0.2, 0) is 11.2 Å². The van der Waals surface area contributed by atoms with Crippen LogP contribution >= 0.6 is 11.3 Å². The van der Waals surface area contributed by atoms with Crippen LogP contribution in [0.25, 0.3) is 0 Å². The van der Waals surface area contributed by atoms with Crippen LogP contribution in [0.15, 0.2) is 5.38 Å². The molecule has 1 saturated heterocycles. The standard InChI is InChI=1S/C13H21N3OS/c1-4-12-16-11(7-18-12)9(3)15-13(17)8(2)10-5-14-6-10/h7-10,14H,4-6H2,1-3H3,(H,15,17). The molecule has 1 aliphatic rings. The number of nitrogens with zero attached hydrogens (tertiary/aromatic N) is 1. The van der Waals surface area contributed by atoms with Gasteiger partial charge in [-0.3, -0.25) is 4.79 Å². The predicted octanol–water partition coefficient (Wildman–Crippen LogP) is 1.74. The van der Waals surface area contributed by atoms with Gasteiger partial charge in [0.25, 0.3) is 0 Å². The van der Waals surface area contributed by atoms with Crippen molar-refractivity contribution in [3.05, 3.63) is 16.1 Å². The molecule has 2 atom stereocenters. The molecule has 0 aliphatic carbocycles. The molecule has 0 aromatic carbocycles. The minimum absolute atomic E-state index is 0.00420. The molecule has 1 fully saturated rings. The lowest BCUT2D eigenvalue weighted by molar-refractivity contribution is -0.127. The Labute approximate surface area is 112 Å². The van der Waals surface area contributed by atoms with Gasteiger partial charge in [-0.15, -0.1) is 11.3 Å². The highest BCUT2D eigenvalue weighted by Crippen LogP contribution is 2.20. The van der Waals surface area contributed by atoms with E-state index in [-0.39, 0.29) is 17.9 Å². The zero-order chi connectivity index (χ0) is 13.1. The smallest absolute Gasteiger partial charge is 0.223 e. The second kappa shape index (κ2) is 5.80. The highest BCUT2D eigenvalue weighted by molar-refractivity contribution is 7.09. The number of hydrogen-bond donors (Lipinski definition) is 2. The summed E-state index contributed by atoms with van der Waals surface area (Å²) in [5, 5.41) is 9.43. The van der Waals surface area contributed by atoms with Gasteiger partial charge in [0.15, 0.2) is 0 Å². The van der Waals surface area contributed by atoms with Crippen LogP contribution in [0.5, 0.6) is 0 Å². The summed E-state index contributed by atoms with van der Waals surface area (Å²) in [4.78, 5) is 16.6. The summed E-state index contributed by atoms with van der Waals surface area (Å²) in [5.74, 6) is 0.705. The van der Waals surface area contributed by atoms with Gasteiger partial charge in [-0.2, -0.15) is 0 Å². The lowest BCUT2D eigenvalue weighted by Crippen LogP contribution is -2.49. The van der Waals surface area contributed by atoms with E-state index in [1.807, 2.05) is 19.2 Å². The maximum atomic E-state index is 12.1. The molecule has 1 aliphatic heterocycles. The van der Waals surface area contributed by atoms with Gasteiger partial charge in [0.2, 0.25) is 5.91 Å². The number of aryl methyl sites for hydroxylation is 1. The third-order valence-corrected chi connectivity index (χ3v) is 4.62. The first kappa shape index (κ1) is 13.5. The van der Waals surface area contributed by atoms with Crippen molar-refractivity contribution in [1.29, 1.82) is 0 Å². The van der Waals surface area contributed by atoms with E-state index in [4.69, 9.17) is 0 Å². The first-order valence-electron chi connectivity index (χ1n) is 6.57. The number of amides is 1. The van der Waals surface area contributed by atoms with Crippen molar-refractivity contribution in [1.82, 2.24) is 15.6 Å². The number of carbonyl (C=O) groups excluding carboxylic acids is 1. The van der Waals surface area contributed by atoms with E-state index in [9.17, 15) is 4.79 Å². The van der Waals surface area contributed by atoms with Crippen LogP contribution < -0.4 is 10.6 Å².